The predicted molar refractivity (Wildman–Crippen MR) is 81.1 cm³/mol. The van der Waals surface area contributed by atoms with Crippen LogP contribution in [0, 0.1) is 0 Å². The fourth-order valence-electron chi connectivity index (χ4n) is 2.08. The predicted octanol–water partition coefficient (Wildman–Crippen LogP) is 1.20. The Kier molecular flexibility index (Phi) is 5.38. The number of hydrogen-bond acceptors (Lipinski definition) is 4. The van der Waals surface area contributed by atoms with Crippen LogP contribution < -0.4 is 15.5 Å². The largest absolute Gasteiger partial charge is 0.395 e. The SMILES string of the molecule is CCN(CCO)c1ccc(NC(=O)CNC2CC2)cc1. The van der Waals surface area contributed by atoms with Crippen molar-refractivity contribution in [1.29, 1.82) is 0 Å². The number of amides is 1. The van der Waals surface area contributed by atoms with Crippen molar-refractivity contribution in [2.24, 2.45) is 0 Å². The lowest BCUT2D eigenvalue weighted by Gasteiger charge is -2.22. The van der Waals surface area contributed by atoms with E-state index in [4.69, 9.17) is 5.11 Å². The molecule has 1 amide bonds. The van der Waals surface area contributed by atoms with Gasteiger partial charge in [0.05, 0.1) is 13.2 Å². The monoisotopic (exact) mass is 277 g/mol. The van der Waals surface area contributed by atoms with E-state index < -0.39 is 0 Å². The third-order valence-corrected chi connectivity index (χ3v) is 3.40. The molecule has 1 aliphatic rings. The van der Waals surface area contributed by atoms with E-state index in [2.05, 4.69) is 22.5 Å². The summed E-state index contributed by atoms with van der Waals surface area (Å²) in [5.74, 6) is -0.00708. The number of benzene rings is 1. The number of nitrogens with one attached hydrogen (secondary N) is 2. The third-order valence-electron chi connectivity index (χ3n) is 3.40. The number of carbonyl (C=O) groups excluding carboxylic acids is 1. The van der Waals surface area contributed by atoms with Crippen LogP contribution in [0.25, 0.3) is 0 Å². The van der Waals surface area contributed by atoms with Crippen molar-refractivity contribution >= 4 is 17.3 Å². The van der Waals surface area contributed by atoms with Crippen LogP contribution in [0.5, 0.6) is 0 Å². The molecule has 2 rings (SSSR count). The van der Waals surface area contributed by atoms with Gasteiger partial charge in [-0.25, -0.2) is 0 Å². The Morgan fingerprint density at radius 3 is 2.60 bits per heavy atom. The third kappa shape index (κ3) is 4.51. The van der Waals surface area contributed by atoms with Crippen LogP contribution in [0.4, 0.5) is 11.4 Å². The van der Waals surface area contributed by atoms with E-state index in [1.165, 1.54) is 12.8 Å². The molecule has 1 aromatic carbocycles. The average molecular weight is 277 g/mol. The van der Waals surface area contributed by atoms with Crippen molar-refractivity contribution in [3.63, 3.8) is 0 Å². The molecule has 0 bridgehead atoms. The van der Waals surface area contributed by atoms with E-state index in [9.17, 15) is 4.79 Å². The average Bonchev–Trinajstić information content (AvgIpc) is 3.28. The Hall–Kier alpha value is -1.59. The highest BCUT2D eigenvalue weighted by molar-refractivity contribution is 5.92. The van der Waals surface area contributed by atoms with E-state index in [1.54, 1.807) is 0 Å². The van der Waals surface area contributed by atoms with Gasteiger partial charge < -0.3 is 20.6 Å². The van der Waals surface area contributed by atoms with Gasteiger partial charge in [0.2, 0.25) is 5.91 Å². The highest BCUT2D eigenvalue weighted by atomic mass is 16.3. The zero-order chi connectivity index (χ0) is 14.4. The molecule has 5 heteroatoms. The number of anilines is 2. The van der Waals surface area contributed by atoms with Crippen molar-refractivity contribution in [1.82, 2.24) is 5.32 Å². The minimum absolute atomic E-state index is 0.00708. The van der Waals surface area contributed by atoms with Crippen molar-refractivity contribution < 1.29 is 9.90 Å². The molecule has 0 saturated heterocycles. The van der Waals surface area contributed by atoms with Gasteiger partial charge in [-0.1, -0.05) is 0 Å². The number of aliphatic hydroxyl groups is 1. The fourth-order valence-corrected chi connectivity index (χ4v) is 2.08. The maximum absolute atomic E-state index is 11.7. The molecule has 1 aliphatic carbocycles. The lowest BCUT2D eigenvalue weighted by atomic mass is 10.2. The van der Waals surface area contributed by atoms with Gasteiger partial charge in [-0.3, -0.25) is 4.79 Å². The highest BCUT2D eigenvalue weighted by Gasteiger charge is 2.21. The molecule has 0 atom stereocenters. The number of aliphatic hydroxyl groups excluding tert-OH is 1. The quantitative estimate of drug-likeness (QED) is 0.668. The highest BCUT2D eigenvalue weighted by Crippen LogP contribution is 2.19. The van der Waals surface area contributed by atoms with Crippen LogP contribution in [-0.4, -0.2) is 43.3 Å². The van der Waals surface area contributed by atoms with Crippen LogP contribution in [-0.2, 0) is 4.79 Å². The van der Waals surface area contributed by atoms with Gasteiger partial charge in [-0.15, -0.1) is 0 Å². The Morgan fingerprint density at radius 2 is 2.05 bits per heavy atom. The molecule has 1 fully saturated rings. The number of carbonyl (C=O) groups is 1. The van der Waals surface area contributed by atoms with Gasteiger partial charge in [-0.2, -0.15) is 0 Å². The second-order valence-electron chi connectivity index (χ2n) is 5.05. The van der Waals surface area contributed by atoms with Gasteiger partial charge >= 0.3 is 0 Å². The van der Waals surface area contributed by atoms with Crippen LogP contribution in [0.1, 0.15) is 19.8 Å². The summed E-state index contributed by atoms with van der Waals surface area (Å²) in [6, 6.07) is 8.25. The molecule has 20 heavy (non-hydrogen) atoms. The Labute approximate surface area is 120 Å². The van der Waals surface area contributed by atoms with E-state index in [1.807, 2.05) is 24.3 Å². The number of rotatable bonds is 8. The first-order chi connectivity index (χ1) is 9.72. The Bertz CT molecular complexity index is 429. The molecule has 0 aliphatic heterocycles. The molecular formula is C15H23N3O2. The van der Waals surface area contributed by atoms with Gasteiger partial charge in [-0.05, 0) is 44.0 Å². The van der Waals surface area contributed by atoms with E-state index >= 15 is 0 Å². The Morgan fingerprint density at radius 1 is 1.35 bits per heavy atom. The van der Waals surface area contributed by atoms with E-state index in [0.29, 0.717) is 19.1 Å². The van der Waals surface area contributed by atoms with Gasteiger partial charge in [0.1, 0.15) is 0 Å². The van der Waals surface area contributed by atoms with Gasteiger partial charge in [0.25, 0.3) is 0 Å². The first-order valence-electron chi connectivity index (χ1n) is 7.22. The first-order valence-corrected chi connectivity index (χ1v) is 7.22. The zero-order valence-electron chi connectivity index (χ0n) is 11.9. The molecule has 0 heterocycles. The normalized spacial score (nSPS) is 14.1. The molecule has 1 aromatic rings. The molecule has 0 unspecified atom stereocenters. The lowest BCUT2D eigenvalue weighted by molar-refractivity contribution is -0.115. The minimum Gasteiger partial charge on any atom is -0.395 e. The summed E-state index contributed by atoms with van der Waals surface area (Å²) in [4.78, 5) is 13.8. The lowest BCUT2D eigenvalue weighted by Crippen LogP contribution is -2.29. The summed E-state index contributed by atoms with van der Waals surface area (Å²) in [6.07, 6.45) is 2.36. The fraction of sp³-hybridized carbons (Fsp3) is 0.533. The molecule has 3 N–H and O–H groups in total. The summed E-state index contributed by atoms with van der Waals surface area (Å²) < 4.78 is 0. The summed E-state index contributed by atoms with van der Waals surface area (Å²) in [6.45, 7) is 4.02. The number of nitrogens with zero attached hydrogens (tertiary/aromatic N) is 1. The van der Waals surface area contributed by atoms with Crippen molar-refractivity contribution in [3.05, 3.63) is 24.3 Å². The molecule has 0 aromatic heterocycles. The summed E-state index contributed by atoms with van der Waals surface area (Å²) in [7, 11) is 0. The van der Waals surface area contributed by atoms with Crippen LogP contribution in [0.3, 0.4) is 0 Å². The molecule has 5 nitrogen and oxygen atoms in total. The maximum Gasteiger partial charge on any atom is 0.238 e. The summed E-state index contributed by atoms with van der Waals surface area (Å²) in [5.41, 5.74) is 1.85. The number of hydrogen-bond donors (Lipinski definition) is 3. The van der Waals surface area contributed by atoms with Crippen LogP contribution in [0.15, 0.2) is 24.3 Å². The van der Waals surface area contributed by atoms with Crippen molar-refractivity contribution in [3.8, 4) is 0 Å². The zero-order valence-corrected chi connectivity index (χ0v) is 11.9. The van der Waals surface area contributed by atoms with Gasteiger partial charge in [0.15, 0.2) is 0 Å². The van der Waals surface area contributed by atoms with Crippen LogP contribution in [0.2, 0.25) is 0 Å². The van der Waals surface area contributed by atoms with Crippen molar-refractivity contribution in [2.75, 3.05) is 36.5 Å². The second-order valence-corrected chi connectivity index (χ2v) is 5.05. The molecule has 0 spiro atoms. The topological polar surface area (TPSA) is 64.6 Å². The van der Waals surface area contributed by atoms with Crippen LogP contribution >= 0.6 is 0 Å². The molecule has 1 saturated carbocycles. The summed E-state index contributed by atoms with van der Waals surface area (Å²) in [5, 5.41) is 15.1. The summed E-state index contributed by atoms with van der Waals surface area (Å²) >= 11 is 0. The van der Waals surface area contributed by atoms with E-state index in [-0.39, 0.29) is 12.5 Å². The van der Waals surface area contributed by atoms with Crippen molar-refractivity contribution in [2.45, 2.75) is 25.8 Å². The molecular weight excluding hydrogens is 254 g/mol. The first kappa shape index (κ1) is 14.8. The van der Waals surface area contributed by atoms with E-state index in [0.717, 1.165) is 17.9 Å². The van der Waals surface area contributed by atoms with Gasteiger partial charge in [0, 0.05) is 30.5 Å². The minimum atomic E-state index is -0.00708. The second kappa shape index (κ2) is 7.26. The Balaban J connectivity index is 1.84. The molecule has 0 radical (unpaired) electrons. The number of likely N-dealkylation sites (N-methyl/N-ethyl adjacent to an activating group) is 1. The molecule has 110 valence electrons. The smallest absolute Gasteiger partial charge is 0.238 e. The standard InChI is InChI=1S/C15H23N3O2/c1-2-18(9-10-19)14-7-5-13(6-8-14)17-15(20)11-16-12-3-4-12/h5-8,12,16,19H,2-4,9-11H2,1H3,(H,17,20). The maximum atomic E-state index is 11.7.